The van der Waals surface area contributed by atoms with E-state index < -0.39 is 30.0 Å². The Labute approximate surface area is 116 Å². The van der Waals surface area contributed by atoms with Crippen molar-refractivity contribution < 1.29 is 28.7 Å². The molecule has 0 bridgehead atoms. The SMILES string of the molecule is CC(=O)OC[C@@H](OC(C)=O)[C@H]1CC(=O)N(C(C)=O)N1C. The van der Waals surface area contributed by atoms with Crippen molar-refractivity contribution in [3.8, 4) is 0 Å². The van der Waals surface area contributed by atoms with Crippen LogP contribution < -0.4 is 0 Å². The zero-order valence-corrected chi connectivity index (χ0v) is 11.9. The molecule has 1 aliphatic heterocycles. The van der Waals surface area contributed by atoms with Crippen LogP contribution in [0.3, 0.4) is 0 Å². The van der Waals surface area contributed by atoms with Crippen LogP contribution in [0, 0.1) is 0 Å². The van der Waals surface area contributed by atoms with E-state index in [0.29, 0.717) is 0 Å². The number of amides is 2. The number of likely N-dealkylation sites (N-methyl/N-ethyl adjacent to an activating group) is 1. The van der Waals surface area contributed by atoms with E-state index in [9.17, 15) is 19.2 Å². The Morgan fingerprint density at radius 2 is 1.85 bits per heavy atom. The summed E-state index contributed by atoms with van der Waals surface area (Å²) in [6.07, 6.45) is -0.801. The van der Waals surface area contributed by atoms with Gasteiger partial charge < -0.3 is 9.47 Å². The van der Waals surface area contributed by atoms with Crippen molar-refractivity contribution in [3.63, 3.8) is 0 Å². The number of hydrogen-bond acceptors (Lipinski definition) is 7. The zero-order valence-electron chi connectivity index (χ0n) is 11.9. The van der Waals surface area contributed by atoms with E-state index in [1.807, 2.05) is 0 Å². The van der Waals surface area contributed by atoms with Gasteiger partial charge >= 0.3 is 11.9 Å². The third-order valence-electron chi connectivity index (χ3n) is 2.91. The molecule has 0 aromatic heterocycles. The molecule has 0 N–H and O–H groups in total. The summed E-state index contributed by atoms with van der Waals surface area (Å²) in [5, 5.41) is 2.39. The molecule has 0 aliphatic carbocycles. The van der Waals surface area contributed by atoms with Gasteiger partial charge in [-0.05, 0) is 0 Å². The molecule has 2 atom stereocenters. The highest BCUT2D eigenvalue weighted by Gasteiger charge is 2.43. The van der Waals surface area contributed by atoms with E-state index in [1.165, 1.54) is 25.8 Å². The maximum atomic E-state index is 11.8. The van der Waals surface area contributed by atoms with Crippen LogP contribution in [-0.2, 0) is 28.7 Å². The molecule has 1 rings (SSSR count). The second-order valence-corrected chi connectivity index (χ2v) is 4.52. The molecule has 1 aliphatic rings. The van der Waals surface area contributed by atoms with Gasteiger partial charge in [-0.1, -0.05) is 0 Å². The molecule has 1 saturated heterocycles. The van der Waals surface area contributed by atoms with Gasteiger partial charge in [0.1, 0.15) is 6.61 Å². The summed E-state index contributed by atoms with van der Waals surface area (Å²) in [5.74, 6) is -1.87. The quantitative estimate of drug-likeness (QED) is 0.642. The minimum Gasteiger partial charge on any atom is -0.462 e. The summed E-state index contributed by atoms with van der Waals surface area (Å²) in [6, 6.07) is -0.547. The van der Waals surface area contributed by atoms with Crippen LogP contribution in [0.5, 0.6) is 0 Å². The van der Waals surface area contributed by atoms with E-state index in [1.54, 1.807) is 7.05 Å². The molecule has 0 saturated carbocycles. The van der Waals surface area contributed by atoms with Crippen molar-refractivity contribution in [2.24, 2.45) is 0 Å². The van der Waals surface area contributed by atoms with E-state index in [4.69, 9.17) is 9.47 Å². The lowest BCUT2D eigenvalue weighted by Gasteiger charge is -2.30. The molecule has 2 amide bonds. The Balaban J connectivity index is 2.85. The lowest BCUT2D eigenvalue weighted by Crippen LogP contribution is -2.48. The normalized spacial score (nSPS) is 20.7. The number of carbonyl (C=O) groups excluding carboxylic acids is 4. The van der Waals surface area contributed by atoms with Crippen molar-refractivity contribution in [1.82, 2.24) is 10.0 Å². The van der Waals surface area contributed by atoms with Gasteiger partial charge in [-0.3, -0.25) is 19.2 Å². The number of carbonyl (C=O) groups is 4. The van der Waals surface area contributed by atoms with Gasteiger partial charge in [0.2, 0.25) is 11.8 Å². The summed E-state index contributed by atoms with van der Waals surface area (Å²) >= 11 is 0. The lowest BCUT2D eigenvalue weighted by atomic mass is 10.1. The van der Waals surface area contributed by atoms with Crippen molar-refractivity contribution in [2.75, 3.05) is 13.7 Å². The van der Waals surface area contributed by atoms with Crippen LogP contribution in [-0.4, -0.2) is 59.6 Å². The van der Waals surface area contributed by atoms with Crippen LogP contribution in [0.2, 0.25) is 0 Å². The smallest absolute Gasteiger partial charge is 0.303 e. The van der Waals surface area contributed by atoms with Gasteiger partial charge in [0, 0.05) is 34.2 Å². The van der Waals surface area contributed by atoms with E-state index in [-0.39, 0.29) is 18.9 Å². The van der Waals surface area contributed by atoms with Crippen LogP contribution in [0.25, 0.3) is 0 Å². The predicted molar refractivity (Wildman–Crippen MR) is 65.9 cm³/mol. The molecule has 0 unspecified atom stereocenters. The average Bonchev–Trinajstić information content (AvgIpc) is 2.59. The molecule has 1 heterocycles. The van der Waals surface area contributed by atoms with Gasteiger partial charge in [0.15, 0.2) is 6.10 Å². The molecule has 8 nitrogen and oxygen atoms in total. The zero-order chi connectivity index (χ0) is 15.4. The molecule has 0 spiro atoms. The Morgan fingerprint density at radius 3 is 2.25 bits per heavy atom. The molecular weight excluding hydrogens is 268 g/mol. The Bertz CT molecular complexity index is 436. The van der Waals surface area contributed by atoms with Gasteiger partial charge in [0.05, 0.1) is 6.04 Å². The van der Waals surface area contributed by atoms with Crippen molar-refractivity contribution >= 4 is 23.8 Å². The average molecular weight is 286 g/mol. The second kappa shape index (κ2) is 6.47. The van der Waals surface area contributed by atoms with E-state index in [2.05, 4.69) is 0 Å². The molecule has 1 fully saturated rings. The number of ether oxygens (including phenoxy) is 2. The fraction of sp³-hybridized carbons (Fsp3) is 0.667. The van der Waals surface area contributed by atoms with Crippen molar-refractivity contribution in [3.05, 3.63) is 0 Å². The Kier molecular flexibility index (Phi) is 5.20. The number of hydrogen-bond donors (Lipinski definition) is 0. The Morgan fingerprint density at radius 1 is 1.25 bits per heavy atom. The van der Waals surface area contributed by atoms with E-state index >= 15 is 0 Å². The Hall–Kier alpha value is -1.96. The molecule has 20 heavy (non-hydrogen) atoms. The number of imide groups is 1. The van der Waals surface area contributed by atoms with Crippen LogP contribution in [0.15, 0.2) is 0 Å². The number of nitrogens with zero attached hydrogens (tertiary/aromatic N) is 2. The molecule has 8 heteroatoms. The fourth-order valence-electron chi connectivity index (χ4n) is 2.13. The van der Waals surface area contributed by atoms with Crippen LogP contribution in [0.4, 0.5) is 0 Å². The molecule has 0 aromatic carbocycles. The molecule has 0 radical (unpaired) electrons. The number of hydrazine groups is 1. The fourth-order valence-corrected chi connectivity index (χ4v) is 2.13. The minimum absolute atomic E-state index is 0.00922. The van der Waals surface area contributed by atoms with Gasteiger partial charge in [-0.15, -0.1) is 0 Å². The summed E-state index contributed by atoms with van der Waals surface area (Å²) in [6.45, 7) is 3.56. The molecular formula is C12H18N2O6. The summed E-state index contributed by atoms with van der Waals surface area (Å²) in [7, 11) is 1.54. The second-order valence-electron chi connectivity index (χ2n) is 4.52. The highest BCUT2D eigenvalue weighted by molar-refractivity contribution is 5.95. The summed E-state index contributed by atoms with van der Waals surface area (Å²) in [4.78, 5) is 45.1. The standard InChI is InChI=1S/C12H18N2O6/c1-7(15)14-12(18)5-10(13(14)4)11(20-9(3)17)6-19-8(2)16/h10-11H,5-6H2,1-4H3/t10-,11-/m1/s1. The van der Waals surface area contributed by atoms with Crippen LogP contribution in [0.1, 0.15) is 27.2 Å². The summed E-state index contributed by atoms with van der Waals surface area (Å²) < 4.78 is 9.92. The predicted octanol–water partition coefficient (Wildman–Crippen LogP) is -0.525. The van der Waals surface area contributed by atoms with Gasteiger partial charge in [-0.2, -0.15) is 0 Å². The third kappa shape index (κ3) is 3.77. The minimum atomic E-state index is -0.810. The number of rotatable bonds is 4. The maximum absolute atomic E-state index is 11.8. The highest BCUT2D eigenvalue weighted by Crippen LogP contribution is 2.23. The van der Waals surface area contributed by atoms with Crippen molar-refractivity contribution in [2.45, 2.75) is 39.3 Å². The van der Waals surface area contributed by atoms with Gasteiger partial charge in [0.25, 0.3) is 0 Å². The first-order valence-electron chi connectivity index (χ1n) is 6.11. The van der Waals surface area contributed by atoms with Gasteiger partial charge in [-0.25, -0.2) is 10.0 Å². The molecule has 0 aromatic rings. The van der Waals surface area contributed by atoms with Crippen molar-refractivity contribution in [1.29, 1.82) is 0 Å². The first kappa shape index (κ1) is 16.1. The monoisotopic (exact) mass is 286 g/mol. The van der Waals surface area contributed by atoms with E-state index in [0.717, 1.165) is 5.01 Å². The highest BCUT2D eigenvalue weighted by atomic mass is 16.6. The first-order chi connectivity index (χ1) is 9.23. The molecule has 112 valence electrons. The topological polar surface area (TPSA) is 93.2 Å². The summed E-state index contributed by atoms with van der Waals surface area (Å²) in [5.41, 5.74) is 0. The first-order valence-corrected chi connectivity index (χ1v) is 6.11. The maximum Gasteiger partial charge on any atom is 0.303 e. The lowest BCUT2D eigenvalue weighted by molar-refractivity contribution is -0.165. The third-order valence-corrected chi connectivity index (χ3v) is 2.91. The number of esters is 2. The van der Waals surface area contributed by atoms with Crippen LogP contribution >= 0.6 is 0 Å². The largest absolute Gasteiger partial charge is 0.462 e.